The average molecular weight is 230 g/mol. The van der Waals surface area contributed by atoms with Crippen LogP contribution in [-0.2, 0) is 19.2 Å². The van der Waals surface area contributed by atoms with E-state index < -0.39 is 0 Å². The van der Waals surface area contributed by atoms with E-state index in [1.807, 2.05) is 0 Å². The molecule has 0 amide bonds. The molecule has 2 aliphatic heterocycles. The van der Waals surface area contributed by atoms with Gasteiger partial charge in [0.1, 0.15) is 0 Å². The molecule has 0 spiro atoms. The molecule has 2 fully saturated rings. The zero-order chi connectivity index (χ0) is 11.4. The first-order valence-corrected chi connectivity index (χ1v) is 6.32. The Labute approximate surface area is 97.1 Å². The van der Waals surface area contributed by atoms with Gasteiger partial charge in [0, 0.05) is 11.8 Å². The van der Waals surface area contributed by atoms with Gasteiger partial charge in [-0.15, -0.1) is 0 Å². The zero-order valence-electron chi connectivity index (χ0n) is 10.2. The van der Waals surface area contributed by atoms with E-state index in [-0.39, 0.29) is 12.2 Å². The lowest BCUT2D eigenvalue weighted by Gasteiger charge is -2.36. The maximum Gasteiger partial charge on any atom is 0.0999 e. The highest BCUT2D eigenvalue weighted by Gasteiger charge is 2.32. The van der Waals surface area contributed by atoms with Crippen molar-refractivity contribution in [1.82, 2.24) is 0 Å². The van der Waals surface area contributed by atoms with E-state index in [4.69, 9.17) is 19.2 Å². The van der Waals surface area contributed by atoms with E-state index >= 15 is 0 Å². The Bertz CT molecular complexity index is 179. The minimum atomic E-state index is 0.184. The third-order valence-electron chi connectivity index (χ3n) is 3.49. The van der Waals surface area contributed by atoms with Crippen molar-refractivity contribution in [2.75, 3.05) is 26.4 Å². The Morgan fingerprint density at radius 2 is 1.25 bits per heavy atom. The molecule has 2 unspecified atom stereocenters. The summed E-state index contributed by atoms with van der Waals surface area (Å²) >= 11 is 0. The molecule has 0 N–H and O–H groups in total. The van der Waals surface area contributed by atoms with Crippen molar-refractivity contribution in [2.45, 2.75) is 38.9 Å². The number of ether oxygens (including phenoxy) is 2. The van der Waals surface area contributed by atoms with Crippen molar-refractivity contribution in [2.24, 2.45) is 11.8 Å². The molecule has 0 aromatic rings. The standard InChI is InChI=1S/C12H22O4/c1-3-11(9-5-13-6-9)15-16-12(4-2)10-7-14-8-10/h9-12H,3-8H2,1-2H3. The predicted octanol–water partition coefficient (Wildman–Crippen LogP) is 1.78. The fourth-order valence-corrected chi connectivity index (χ4v) is 2.04. The monoisotopic (exact) mass is 230 g/mol. The Kier molecular flexibility index (Phi) is 4.58. The SMILES string of the molecule is CCC(OOC(CC)C1COC1)C1COC1. The molecule has 2 aliphatic rings. The quantitative estimate of drug-likeness (QED) is 0.493. The number of hydrogen-bond donors (Lipinski definition) is 0. The molecule has 2 saturated heterocycles. The summed E-state index contributed by atoms with van der Waals surface area (Å²) in [6, 6.07) is 0. The third kappa shape index (κ3) is 2.74. The fourth-order valence-electron chi connectivity index (χ4n) is 2.04. The summed E-state index contributed by atoms with van der Waals surface area (Å²) in [6.45, 7) is 7.49. The van der Waals surface area contributed by atoms with Crippen LogP contribution in [0.15, 0.2) is 0 Å². The van der Waals surface area contributed by atoms with E-state index in [1.165, 1.54) is 0 Å². The van der Waals surface area contributed by atoms with Crippen LogP contribution >= 0.6 is 0 Å². The summed E-state index contributed by atoms with van der Waals surface area (Å²) in [5, 5.41) is 0. The lowest BCUT2D eigenvalue weighted by Crippen LogP contribution is -2.43. The highest BCUT2D eigenvalue weighted by Crippen LogP contribution is 2.24. The summed E-state index contributed by atoms with van der Waals surface area (Å²) in [4.78, 5) is 11.1. The van der Waals surface area contributed by atoms with E-state index in [1.54, 1.807) is 0 Å². The molecule has 94 valence electrons. The van der Waals surface area contributed by atoms with Crippen molar-refractivity contribution in [3.63, 3.8) is 0 Å². The van der Waals surface area contributed by atoms with Crippen LogP contribution in [0.25, 0.3) is 0 Å². The highest BCUT2D eigenvalue weighted by atomic mass is 17.2. The lowest BCUT2D eigenvalue weighted by molar-refractivity contribution is -0.383. The van der Waals surface area contributed by atoms with E-state index in [0.29, 0.717) is 11.8 Å². The Morgan fingerprint density at radius 3 is 1.44 bits per heavy atom. The molecule has 2 heterocycles. The van der Waals surface area contributed by atoms with Gasteiger partial charge >= 0.3 is 0 Å². The first kappa shape index (κ1) is 12.3. The fraction of sp³-hybridized carbons (Fsp3) is 1.00. The first-order valence-electron chi connectivity index (χ1n) is 6.32. The molecule has 4 heteroatoms. The molecule has 0 aliphatic carbocycles. The van der Waals surface area contributed by atoms with Crippen LogP contribution in [0.5, 0.6) is 0 Å². The Balaban J connectivity index is 1.70. The van der Waals surface area contributed by atoms with Gasteiger partial charge < -0.3 is 9.47 Å². The van der Waals surface area contributed by atoms with Crippen molar-refractivity contribution < 1.29 is 19.2 Å². The summed E-state index contributed by atoms with van der Waals surface area (Å²) in [5.74, 6) is 1.03. The predicted molar refractivity (Wildman–Crippen MR) is 58.9 cm³/mol. The topological polar surface area (TPSA) is 36.9 Å². The smallest absolute Gasteiger partial charge is 0.0999 e. The second kappa shape index (κ2) is 5.96. The van der Waals surface area contributed by atoms with Gasteiger partial charge in [0.05, 0.1) is 38.6 Å². The van der Waals surface area contributed by atoms with E-state index in [2.05, 4.69) is 13.8 Å². The molecule has 4 nitrogen and oxygen atoms in total. The zero-order valence-corrected chi connectivity index (χ0v) is 10.2. The van der Waals surface area contributed by atoms with Gasteiger partial charge in [-0.25, -0.2) is 9.78 Å². The van der Waals surface area contributed by atoms with Gasteiger partial charge in [-0.05, 0) is 12.8 Å². The van der Waals surface area contributed by atoms with Gasteiger partial charge in [-0.3, -0.25) is 0 Å². The van der Waals surface area contributed by atoms with Crippen molar-refractivity contribution in [3.05, 3.63) is 0 Å². The van der Waals surface area contributed by atoms with Crippen LogP contribution < -0.4 is 0 Å². The Morgan fingerprint density at radius 1 is 0.875 bits per heavy atom. The van der Waals surface area contributed by atoms with Crippen LogP contribution in [0.4, 0.5) is 0 Å². The van der Waals surface area contributed by atoms with Gasteiger partial charge in [0.2, 0.25) is 0 Å². The molecule has 2 atom stereocenters. The summed E-state index contributed by atoms with van der Waals surface area (Å²) in [7, 11) is 0. The van der Waals surface area contributed by atoms with Crippen LogP contribution in [0, 0.1) is 11.8 Å². The second-order valence-corrected chi connectivity index (χ2v) is 4.68. The summed E-state index contributed by atoms with van der Waals surface area (Å²) in [6.07, 6.45) is 2.32. The van der Waals surface area contributed by atoms with E-state index in [0.717, 1.165) is 39.3 Å². The Hall–Kier alpha value is -0.160. The van der Waals surface area contributed by atoms with E-state index in [9.17, 15) is 0 Å². The molecule has 16 heavy (non-hydrogen) atoms. The summed E-state index contributed by atoms with van der Waals surface area (Å²) < 4.78 is 10.4. The normalized spacial score (nSPS) is 25.9. The molecule has 0 bridgehead atoms. The van der Waals surface area contributed by atoms with Gasteiger partial charge in [-0.1, -0.05) is 13.8 Å². The molecule has 0 aromatic carbocycles. The van der Waals surface area contributed by atoms with Gasteiger partial charge in [0.25, 0.3) is 0 Å². The van der Waals surface area contributed by atoms with Gasteiger partial charge in [0.15, 0.2) is 0 Å². The third-order valence-corrected chi connectivity index (χ3v) is 3.49. The molecular weight excluding hydrogens is 208 g/mol. The molecule has 0 saturated carbocycles. The minimum absolute atomic E-state index is 0.184. The van der Waals surface area contributed by atoms with Crippen molar-refractivity contribution >= 4 is 0 Å². The van der Waals surface area contributed by atoms with Crippen LogP contribution in [0.2, 0.25) is 0 Å². The maximum absolute atomic E-state index is 5.57. The van der Waals surface area contributed by atoms with Crippen LogP contribution in [-0.4, -0.2) is 38.6 Å². The maximum atomic E-state index is 5.57. The van der Waals surface area contributed by atoms with Crippen LogP contribution in [0.1, 0.15) is 26.7 Å². The molecular formula is C12H22O4. The molecule has 2 rings (SSSR count). The lowest BCUT2D eigenvalue weighted by atomic mass is 9.98. The number of hydrogen-bond acceptors (Lipinski definition) is 4. The minimum Gasteiger partial charge on any atom is -0.380 e. The largest absolute Gasteiger partial charge is 0.380 e. The second-order valence-electron chi connectivity index (χ2n) is 4.68. The van der Waals surface area contributed by atoms with Gasteiger partial charge in [-0.2, -0.15) is 0 Å². The highest BCUT2D eigenvalue weighted by molar-refractivity contribution is 4.75. The van der Waals surface area contributed by atoms with Crippen molar-refractivity contribution in [3.8, 4) is 0 Å². The average Bonchev–Trinajstić information content (AvgIpc) is 2.15. The summed E-state index contributed by atoms with van der Waals surface area (Å²) in [5.41, 5.74) is 0. The van der Waals surface area contributed by atoms with Crippen molar-refractivity contribution in [1.29, 1.82) is 0 Å². The molecule has 0 radical (unpaired) electrons. The number of rotatable bonds is 7. The van der Waals surface area contributed by atoms with Crippen LogP contribution in [0.3, 0.4) is 0 Å². The first-order chi connectivity index (χ1) is 7.85. The molecule has 0 aromatic heterocycles.